The van der Waals surface area contributed by atoms with Crippen molar-refractivity contribution < 1.29 is 14.3 Å². The maximum Gasteiger partial charge on any atom is 0.409 e. The number of aromatic nitrogens is 1. The Morgan fingerprint density at radius 2 is 1.86 bits per heavy atom. The highest BCUT2D eigenvalue weighted by Gasteiger charge is 2.32. The topological polar surface area (TPSA) is 66.0 Å². The van der Waals surface area contributed by atoms with Gasteiger partial charge in [0.1, 0.15) is 5.69 Å². The van der Waals surface area contributed by atoms with Gasteiger partial charge in [-0.1, -0.05) is 18.2 Å². The summed E-state index contributed by atoms with van der Waals surface area (Å²) in [6.45, 7) is 6.91. The van der Waals surface area contributed by atoms with E-state index in [1.54, 1.807) is 17.2 Å². The molecule has 0 aliphatic carbocycles. The van der Waals surface area contributed by atoms with Gasteiger partial charge in [-0.05, 0) is 44.0 Å². The van der Waals surface area contributed by atoms with Gasteiger partial charge in [0.05, 0.1) is 18.5 Å². The summed E-state index contributed by atoms with van der Waals surface area (Å²) in [7, 11) is 0. The van der Waals surface area contributed by atoms with E-state index in [1.807, 2.05) is 36.1 Å². The van der Waals surface area contributed by atoms with E-state index in [9.17, 15) is 9.59 Å². The first kappa shape index (κ1) is 19.2. The predicted molar refractivity (Wildman–Crippen MR) is 111 cm³/mol. The molecule has 0 saturated carbocycles. The number of benzene rings is 1. The number of para-hydroxylation sites is 1. The highest BCUT2D eigenvalue weighted by Crippen LogP contribution is 2.33. The first-order valence-corrected chi connectivity index (χ1v) is 10.1. The largest absolute Gasteiger partial charge is 0.450 e. The van der Waals surface area contributed by atoms with Crippen molar-refractivity contribution in [1.29, 1.82) is 0 Å². The normalized spacial score (nSPS) is 18.6. The lowest BCUT2D eigenvalue weighted by Crippen LogP contribution is -2.49. The molecule has 2 aliphatic rings. The summed E-state index contributed by atoms with van der Waals surface area (Å²) < 4.78 is 5.06. The van der Waals surface area contributed by atoms with Crippen molar-refractivity contribution in [3.63, 3.8) is 0 Å². The number of carbonyl (C=O) groups is 2. The number of amides is 2. The Labute approximate surface area is 170 Å². The van der Waals surface area contributed by atoms with Crippen molar-refractivity contribution in [2.75, 3.05) is 42.6 Å². The van der Waals surface area contributed by atoms with Crippen LogP contribution in [0.5, 0.6) is 0 Å². The standard InChI is InChI=1S/C22H26N4O3/c1-3-29-22(28)25-12-10-24(11-13-25)18-8-9-19(23-15-18)21(27)26-16(2)14-17-6-4-5-7-20(17)26/h4-9,15-16H,3,10-14H2,1-2H3. The Kier molecular flexibility index (Phi) is 5.38. The van der Waals surface area contributed by atoms with Crippen molar-refractivity contribution in [3.8, 4) is 0 Å². The van der Waals surface area contributed by atoms with Crippen LogP contribution in [0.4, 0.5) is 16.2 Å². The van der Waals surface area contributed by atoms with Crippen molar-refractivity contribution >= 4 is 23.4 Å². The second-order valence-electron chi connectivity index (χ2n) is 7.43. The Morgan fingerprint density at radius 3 is 2.55 bits per heavy atom. The Hall–Kier alpha value is -3.09. The van der Waals surface area contributed by atoms with Crippen LogP contribution in [0.1, 0.15) is 29.9 Å². The molecule has 0 bridgehead atoms. The van der Waals surface area contributed by atoms with Gasteiger partial charge in [0.15, 0.2) is 0 Å². The van der Waals surface area contributed by atoms with E-state index in [2.05, 4.69) is 22.9 Å². The molecule has 7 nitrogen and oxygen atoms in total. The molecule has 1 aromatic carbocycles. The smallest absolute Gasteiger partial charge is 0.409 e. The van der Waals surface area contributed by atoms with Crippen molar-refractivity contribution in [2.24, 2.45) is 0 Å². The number of ether oxygens (including phenoxy) is 1. The number of hydrogen-bond donors (Lipinski definition) is 0. The summed E-state index contributed by atoms with van der Waals surface area (Å²) in [5, 5.41) is 0. The van der Waals surface area contributed by atoms with Gasteiger partial charge >= 0.3 is 6.09 Å². The van der Waals surface area contributed by atoms with E-state index in [-0.39, 0.29) is 18.0 Å². The minimum atomic E-state index is -0.258. The van der Waals surface area contributed by atoms with E-state index in [1.165, 1.54) is 5.56 Å². The lowest BCUT2D eigenvalue weighted by molar-refractivity contribution is 0.0975. The number of carbonyl (C=O) groups excluding carboxylic acids is 2. The molecule has 7 heteroatoms. The molecule has 29 heavy (non-hydrogen) atoms. The number of pyridine rings is 1. The molecule has 0 radical (unpaired) electrons. The average Bonchev–Trinajstić information content (AvgIpc) is 3.09. The SMILES string of the molecule is CCOC(=O)N1CCN(c2ccc(C(=O)N3c4ccccc4CC3C)nc2)CC1. The number of rotatable bonds is 3. The van der Waals surface area contributed by atoms with Gasteiger partial charge in [-0.25, -0.2) is 9.78 Å². The number of piperazine rings is 1. The summed E-state index contributed by atoms with van der Waals surface area (Å²) in [5.74, 6) is -0.0684. The summed E-state index contributed by atoms with van der Waals surface area (Å²) in [4.78, 5) is 35.1. The Balaban J connectivity index is 1.42. The molecule has 4 rings (SSSR count). The molecule has 1 unspecified atom stereocenters. The summed E-state index contributed by atoms with van der Waals surface area (Å²) in [6, 6.07) is 11.9. The third-order valence-electron chi connectivity index (χ3n) is 5.56. The third-order valence-corrected chi connectivity index (χ3v) is 5.56. The van der Waals surface area contributed by atoms with Crippen LogP contribution >= 0.6 is 0 Å². The molecular weight excluding hydrogens is 368 g/mol. The highest BCUT2D eigenvalue weighted by molar-refractivity contribution is 6.06. The number of fused-ring (bicyclic) bond motifs is 1. The van der Waals surface area contributed by atoms with Crippen molar-refractivity contribution in [1.82, 2.24) is 9.88 Å². The maximum absolute atomic E-state index is 13.1. The monoisotopic (exact) mass is 394 g/mol. The molecule has 0 spiro atoms. The zero-order valence-electron chi connectivity index (χ0n) is 16.9. The highest BCUT2D eigenvalue weighted by atomic mass is 16.6. The van der Waals surface area contributed by atoms with E-state index in [4.69, 9.17) is 4.74 Å². The molecule has 1 aromatic heterocycles. The molecule has 3 heterocycles. The molecule has 2 aromatic rings. The lowest BCUT2D eigenvalue weighted by atomic mass is 10.1. The molecular formula is C22H26N4O3. The molecule has 0 N–H and O–H groups in total. The van der Waals surface area contributed by atoms with Crippen LogP contribution in [-0.4, -0.2) is 60.7 Å². The average molecular weight is 394 g/mol. The fourth-order valence-corrected chi connectivity index (χ4v) is 4.06. The van der Waals surface area contributed by atoms with Crippen LogP contribution in [-0.2, 0) is 11.2 Å². The molecule has 2 amide bonds. The third kappa shape index (κ3) is 3.77. The molecule has 1 saturated heterocycles. The number of hydrogen-bond acceptors (Lipinski definition) is 5. The van der Waals surface area contributed by atoms with E-state index in [0.717, 1.165) is 17.8 Å². The molecule has 2 aliphatic heterocycles. The zero-order valence-corrected chi connectivity index (χ0v) is 16.9. The number of anilines is 2. The van der Waals surface area contributed by atoms with Crippen LogP contribution < -0.4 is 9.80 Å². The van der Waals surface area contributed by atoms with E-state index < -0.39 is 0 Å². The lowest BCUT2D eigenvalue weighted by Gasteiger charge is -2.35. The van der Waals surface area contributed by atoms with E-state index >= 15 is 0 Å². The van der Waals surface area contributed by atoms with Crippen LogP contribution in [0.25, 0.3) is 0 Å². The van der Waals surface area contributed by atoms with Crippen molar-refractivity contribution in [3.05, 3.63) is 53.9 Å². The summed E-state index contributed by atoms with van der Waals surface area (Å²) >= 11 is 0. The van der Waals surface area contributed by atoms with Gasteiger partial charge in [0.2, 0.25) is 0 Å². The maximum atomic E-state index is 13.1. The van der Waals surface area contributed by atoms with Crippen LogP contribution in [0.3, 0.4) is 0 Å². The predicted octanol–water partition coefficient (Wildman–Crippen LogP) is 2.95. The van der Waals surface area contributed by atoms with Gasteiger partial charge in [0, 0.05) is 37.9 Å². The number of nitrogens with zero attached hydrogens (tertiary/aromatic N) is 4. The van der Waals surface area contributed by atoms with Crippen molar-refractivity contribution in [2.45, 2.75) is 26.3 Å². The van der Waals surface area contributed by atoms with Gasteiger partial charge < -0.3 is 19.4 Å². The van der Waals surface area contributed by atoms with Crippen LogP contribution in [0.2, 0.25) is 0 Å². The summed E-state index contributed by atoms with van der Waals surface area (Å²) in [6.07, 6.45) is 2.36. The van der Waals surface area contributed by atoms with Gasteiger partial charge in [-0.2, -0.15) is 0 Å². The molecule has 152 valence electrons. The second kappa shape index (κ2) is 8.11. The van der Waals surface area contributed by atoms with Gasteiger partial charge in [-0.3, -0.25) is 4.79 Å². The summed E-state index contributed by atoms with van der Waals surface area (Å²) in [5.41, 5.74) is 3.58. The van der Waals surface area contributed by atoms with Gasteiger partial charge in [-0.15, -0.1) is 0 Å². The first-order valence-electron chi connectivity index (χ1n) is 10.1. The minimum Gasteiger partial charge on any atom is -0.450 e. The zero-order chi connectivity index (χ0) is 20.4. The fraction of sp³-hybridized carbons (Fsp3) is 0.409. The minimum absolute atomic E-state index is 0.0684. The Morgan fingerprint density at radius 1 is 1.10 bits per heavy atom. The second-order valence-corrected chi connectivity index (χ2v) is 7.43. The molecule has 1 atom stereocenters. The van der Waals surface area contributed by atoms with E-state index in [0.29, 0.717) is 38.5 Å². The quantitative estimate of drug-likeness (QED) is 0.801. The fourth-order valence-electron chi connectivity index (χ4n) is 4.06. The van der Waals surface area contributed by atoms with Gasteiger partial charge in [0.25, 0.3) is 5.91 Å². The van der Waals surface area contributed by atoms with Crippen LogP contribution in [0, 0.1) is 0 Å². The Bertz CT molecular complexity index is 891. The van der Waals surface area contributed by atoms with Crippen LogP contribution in [0.15, 0.2) is 42.6 Å². The first-order chi connectivity index (χ1) is 14.1. The molecule has 1 fully saturated rings.